The molecule has 0 aromatic heterocycles. The maximum Gasteiger partial charge on any atom is 0.166 e. The topological polar surface area (TPSA) is 28.5 Å². The first kappa shape index (κ1) is 16.1. The number of quaternary nitrogens is 1. The van der Waals surface area contributed by atoms with E-state index in [1.165, 1.54) is 51.5 Å². The van der Waals surface area contributed by atoms with Crippen LogP contribution in [0.3, 0.4) is 0 Å². The second-order valence-corrected chi connectivity index (χ2v) is 7.87. The lowest BCUT2D eigenvalue weighted by atomic mass is 9.76. The molecule has 4 rings (SSSR count). The SMILES string of the molecule is C#C[C@H]1C[NH+]2CC[C@@H]1C[C@@H]2CNC(=S)NCC1CCCCC1. The highest BCUT2D eigenvalue weighted by molar-refractivity contribution is 7.80. The summed E-state index contributed by atoms with van der Waals surface area (Å²) in [4.78, 5) is 1.69. The second-order valence-electron chi connectivity index (χ2n) is 7.46. The first-order chi connectivity index (χ1) is 10.8. The van der Waals surface area contributed by atoms with Crippen LogP contribution in [0.1, 0.15) is 44.9 Å². The summed E-state index contributed by atoms with van der Waals surface area (Å²) in [7, 11) is 0. The van der Waals surface area contributed by atoms with Crippen molar-refractivity contribution in [2.75, 3.05) is 26.2 Å². The molecule has 4 fully saturated rings. The summed E-state index contributed by atoms with van der Waals surface area (Å²) in [6, 6.07) is 0.692. The Morgan fingerprint density at radius 1 is 1.14 bits per heavy atom. The van der Waals surface area contributed by atoms with Gasteiger partial charge in [0.1, 0.15) is 6.04 Å². The van der Waals surface area contributed by atoms with Gasteiger partial charge in [0.2, 0.25) is 0 Å². The van der Waals surface area contributed by atoms with Crippen LogP contribution in [0, 0.1) is 30.1 Å². The molecule has 4 heteroatoms. The van der Waals surface area contributed by atoms with Gasteiger partial charge in [0.05, 0.1) is 25.6 Å². The van der Waals surface area contributed by atoms with E-state index in [0.717, 1.165) is 36.6 Å². The molecule has 3 saturated heterocycles. The van der Waals surface area contributed by atoms with Crippen LogP contribution in [0.25, 0.3) is 0 Å². The van der Waals surface area contributed by atoms with Gasteiger partial charge >= 0.3 is 0 Å². The van der Waals surface area contributed by atoms with Crippen molar-refractivity contribution in [1.29, 1.82) is 0 Å². The van der Waals surface area contributed by atoms with Crippen LogP contribution in [-0.2, 0) is 0 Å². The molecule has 0 amide bonds. The summed E-state index contributed by atoms with van der Waals surface area (Å²) in [5, 5.41) is 7.74. The summed E-state index contributed by atoms with van der Waals surface area (Å²) in [6.07, 6.45) is 15.2. The van der Waals surface area contributed by atoms with Crippen LogP contribution in [0.2, 0.25) is 0 Å². The fourth-order valence-electron chi connectivity index (χ4n) is 4.64. The number of terminal acetylenes is 1. The van der Waals surface area contributed by atoms with Gasteiger partial charge in [-0.3, -0.25) is 0 Å². The van der Waals surface area contributed by atoms with Gasteiger partial charge < -0.3 is 15.5 Å². The zero-order valence-corrected chi connectivity index (χ0v) is 14.4. The number of hydrogen-bond donors (Lipinski definition) is 3. The van der Waals surface area contributed by atoms with Crippen molar-refractivity contribution in [3.63, 3.8) is 0 Å². The largest absolute Gasteiger partial charge is 0.362 e. The van der Waals surface area contributed by atoms with Crippen LogP contribution in [0.4, 0.5) is 0 Å². The molecule has 122 valence electrons. The fraction of sp³-hybridized carbons (Fsp3) is 0.833. The Labute approximate surface area is 140 Å². The zero-order chi connectivity index (χ0) is 15.4. The molecule has 0 aromatic rings. The number of hydrogen-bond acceptors (Lipinski definition) is 1. The van der Waals surface area contributed by atoms with Crippen LogP contribution < -0.4 is 15.5 Å². The van der Waals surface area contributed by atoms with Gasteiger partial charge in [-0.2, -0.15) is 0 Å². The van der Waals surface area contributed by atoms with Crippen molar-refractivity contribution in [1.82, 2.24) is 10.6 Å². The van der Waals surface area contributed by atoms with Gasteiger partial charge in [-0.25, -0.2) is 0 Å². The minimum atomic E-state index is 0.511. The Kier molecular flexibility index (Phi) is 5.60. The molecule has 1 aliphatic carbocycles. The van der Waals surface area contributed by atoms with Crippen molar-refractivity contribution in [2.45, 2.75) is 51.0 Å². The number of rotatable bonds is 4. The monoisotopic (exact) mass is 320 g/mol. The molecule has 3 aliphatic heterocycles. The molecule has 1 unspecified atom stereocenters. The van der Waals surface area contributed by atoms with E-state index in [9.17, 15) is 0 Å². The molecule has 22 heavy (non-hydrogen) atoms. The van der Waals surface area contributed by atoms with Gasteiger partial charge in [-0.1, -0.05) is 25.2 Å². The van der Waals surface area contributed by atoms with E-state index in [1.54, 1.807) is 4.90 Å². The minimum absolute atomic E-state index is 0.511. The van der Waals surface area contributed by atoms with Gasteiger partial charge in [0, 0.05) is 19.4 Å². The van der Waals surface area contributed by atoms with E-state index in [4.69, 9.17) is 18.6 Å². The quantitative estimate of drug-likeness (QED) is 0.532. The first-order valence-electron chi connectivity index (χ1n) is 9.08. The summed E-state index contributed by atoms with van der Waals surface area (Å²) < 4.78 is 0. The zero-order valence-electron chi connectivity index (χ0n) is 13.6. The summed E-state index contributed by atoms with van der Waals surface area (Å²) in [5.74, 6) is 5.08. The predicted octanol–water partition coefficient (Wildman–Crippen LogP) is 0.957. The molecule has 3 nitrogen and oxygen atoms in total. The third kappa shape index (κ3) is 3.94. The maximum absolute atomic E-state index is 5.66. The van der Waals surface area contributed by atoms with E-state index in [2.05, 4.69) is 16.6 Å². The van der Waals surface area contributed by atoms with Gasteiger partial charge in [0.25, 0.3) is 0 Å². The van der Waals surface area contributed by atoms with Crippen molar-refractivity contribution in [3.05, 3.63) is 0 Å². The Morgan fingerprint density at radius 2 is 1.91 bits per heavy atom. The van der Waals surface area contributed by atoms with E-state index >= 15 is 0 Å². The van der Waals surface area contributed by atoms with E-state index in [0.29, 0.717) is 12.0 Å². The molecule has 3 N–H and O–H groups in total. The molecule has 2 bridgehead atoms. The lowest BCUT2D eigenvalue weighted by molar-refractivity contribution is -0.943. The summed E-state index contributed by atoms with van der Waals surface area (Å²) in [5.41, 5.74) is 0. The Bertz CT molecular complexity index is 425. The molecule has 0 radical (unpaired) electrons. The average molecular weight is 321 g/mol. The lowest BCUT2D eigenvalue weighted by Gasteiger charge is -2.45. The molecule has 3 heterocycles. The van der Waals surface area contributed by atoms with Crippen molar-refractivity contribution in [3.8, 4) is 12.3 Å². The van der Waals surface area contributed by atoms with Crippen LogP contribution in [0.15, 0.2) is 0 Å². The third-order valence-corrected chi connectivity index (χ3v) is 6.34. The highest BCUT2D eigenvalue weighted by atomic mass is 32.1. The molecule has 4 atom stereocenters. The molecule has 1 saturated carbocycles. The van der Waals surface area contributed by atoms with E-state index in [-0.39, 0.29) is 0 Å². The second kappa shape index (κ2) is 7.66. The predicted molar refractivity (Wildman–Crippen MR) is 94.7 cm³/mol. The number of nitrogens with one attached hydrogen (secondary N) is 3. The number of piperidine rings is 3. The Hall–Kier alpha value is -0.790. The van der Waals surface area contributed by atoms with E-state index in [1.807, 2.05) is 0 Å². The molecule has 0 spiro atoms. The summed E-state index contributed by atoms with van der Waals surface area (Å²) in [6.45, 7) is 4.50. The summed E-state index contributed by atoms with van der Waals surface area (Å²) >= 11 is 5.46. The number of fused-ring (bicyclic) bond motifs is 3. The maximum atomic E-state index is 5.66. The molecular weight excluding hydrogens is 290 g/mol. The Balaban J connectivity index is 1.36. The first-order valence-corrected chi connectivity index (χ1v) is 9.49. The smallest absolute Gasteiger partial charge is 0.166 e. The van der Waals surface area contributed by atoms with Crippen LogP contribution in [0.5, 0.6) is 0 Å². The minimum Gasteiger partial charge on any atom is -0.362 e. The Morgan fingerprint density at radius 3 is 2.59 bits per heavy atom. The lowest BCUT2D eigenvalue weighted by Crippen LogP contribution is -3.20. The number of thiocarbonyl (C=S) groups is 1. The molecule has 4 aliphatic rings. The van der Waals surface area contributed by atoms with Gasteiger partial charge in [-0.05, 0) is 36.9 Å². The van der Waals surface area contributed by atoms with Crippen molar-refractivity contribution >= 4 is 17.3 Å². The molecule has 0 aromatic carbocycles. The van der Waals surface area contributed by atoms with Crippen molar-refractivity contribution < 1.29 is 4.90 Å². The average Bonchev–Trinajstić information content (AvgIpc) is 2.59. The van der Waals surface area contributed by atoms with E-state index < -0.39 is 0 Å². The van der Waals surface area contributed by atoms with Gasteiger partial charge in [-0.15, -0.1) is 6.42 Å². The van der Waals surface area contributed by atoms with Gasteiger partial charge in [0.15, 0.2) is 5.11 Å². The standard InChI is InChI=1S/C18H29N3S/c1-2-15-13-21-9-8-16(15)10-17(21)12-20-18(22)19-11-14-6-4-3-5-7-14/h1,14-17H,3-13H2,(H2,19,20,22)/p+1/t15-,16+,17+/m0/s1. The fourth-order valence-corrected chi connectivity index (χ4v) is 4.80. The molecular formula is C18H30N3S+. The van der Waals surface area contributed by atoms with Crippen molar-refractivity contribution in [2.24, 2.45) is 17.8 Å². The third-order valence-electron chi connectivity index (χ3n) is 6.05. The van der Waals surface area contributed by atoms with Crippen LogP contribution >= 0.6 is 12.2 Å². The normalized spacial score (nSPS) is 34.9. The van der Waals surface area contributed by atoms with Crippen LogP contribution in [-0.4, -0.2) is 37.3 Å². The highest BCUT2D eigenvalue weighted by Crippen LogP contribution is 2.26. The highest BCUT2D eigenvalue weighted by Gasteiger charge is 2.42.